The Morgan fingerprint density at radius 3 is 1.40 bits per heavy atom. The smallest absolute Gasteiger partial charge is 0.302 e. The van der Waals surface area contributed by atoms with Gasteiger partial charge in [-0.2, -0.15) is 0 Å². The van der Waals surface area contributed by atoms with E-state index in [9.17, 15) is 9.59 Å². The maximum atomic E-state index is 10.6. The van der Waals surface area contributed by atoms with E-state index in [4.69, 9.17) is 14.3 Å². The number of carboxylic acid groups (broad SMARTS) is 2. The molecule has 0 aliphatic rings. The van der Waals surface area contributed by atoms with Gasteiger partial charge in [0, 0.05) is 0 Å². The SMILES string of the molecule is C[Si](C)(CC(=O)O)O[Si](C)(C)CC(=O)O. The molecule has 0 radical (unpaired) electrons. The summed E-state index contributed by atoms with van der Waals surface area (Å²) < 4.78 is 5.76. The topological polar surface area (TPSA) is 83.8 Å². The second-order valence-electron chi connectivity index (χ2n) is 4.76. The maximum Gasteiger partial charge on any atom is 0.302 e. The molecule has 0 heterocycles. The first-order chi connectivity index (χ1) is 6.54. The summed E-state index contributed by atoms with van der Waals surface area (Å²) in [5.74, 6) is -1.77. The predicted octanol–water partition coefficient (Wildman–Crippen LogP) is 1.58. The number of carboxylic acids is 2. The van der Waals surface area contributed by atoms with E-state index in [1.807, 2.05) is 0 Å². The van der Waals surface area contributed by atoms with Crippen molar-refractivity contribution < 1.29 is 23.9 Å². The number of hydrogen-bond donors (Lipinski definition) is 2. The summed E-state index contributed by atoms with van der Waals surface area (Å²) in [6.45, 7) is 7.21. The summed E-state index contributed by atoms with van der Waals surface area (Å²) in [6.07, 6.45) is 0. The first-order valence-electron chi connectivity index (χ1n) is 4.68. The van der Waals surface area contributed by atoms with Crippen molar-refractivity contribution in [2.45, 2.75) is 38.3 Å². The summed E-state index contributed by atoms with van der Waals surface area (Å²) in [7, 11) is -4.54. The second-order valence-corrected chi connectivity index (χ2v) is 13.3. The summed E-state index contributed by atoms with van der Waals surface area (Å²) in [4.78, 5) is 21.2. The van der Waals surface area contributed by atoms with Crippen LogP contribution >= 0.6 is 0 Å². The molecule has 0 atom stereocenters. The molecule has 0 aliphatic heterocycles. The number of hydrogen-bond acceptors (Lipinski definition) is 3. The molecule has 2 N–H and O–H groups in total. The highest BCUT2D eigenvalue weighted by Crippen LogP contribution is 2.21. The normalized spacial score (nSPS) is 12.5. The van der Waals surface area contributed by atoms with Crippen molar-refractivity contribution in [3.63, 3.8) is 0 Å². The van der Waals surface area contributed by atoms with Gasteiger partial charge in [0.25, 0.3) is 0 Å². The maximum absolute atomic E-state index is 10.6. The van der Waals surface area contributed by atoms with E-state index in [2.05, 4.69) is 0 Å². The van der Waals surface area contributed by atoms with Crippen LogP contribution in [-0.2, 0) is 13.7 Å². The van der Waals surface area contributed by atoms with Gasteiger partial charge in [0.2, 0.25) is 0 Å². The van der Waals surface area contributed by atoms with Crippen LogP contribution in [0.15, 0.2) is 0 Å². The molecule has 0 rings (SSSR count). The van der Waals surface area contributed by atoms with E-state index < -0.39 is 28.6 Å². The highest BCUT2D eigenvalue weighted by molar-refractivity contribution is 6.87. The van der Waals surface area contributed by atoms with E-state index in [0.717, 1.165) is 0 Å². The minimum atomic E-state index is -2.27. The Morgan fingerprint density at radius 1 is 0.933 bits per heavy atom. The van der Waals surface area contributed by atoms with Crippen molar-refractivity contribution in [1.29, 1.82) is 0 Å². The molecule has 7 heteroatoms. The van der Waals surface area contributed by atoms with E-state index >= 15 is 0 Å². The third-order valence-electron chi connectivity index (χ3n) is 1.71. The van der Waals surface area contributed by atoms with Crippen molar-refractivity contribution in [3.05, 3.63) is 0 Å². The molecule has 88 valence electrons. The third-order valence-corrected chi connectivity index (χ3v) is 8.43. The molecule has 0 bridgehead atoms. The van der Waals surface area contributed by atoms with Crippen LogP contribution in [0.25, 0.3) is 0 Å². The molecule has 0 saturated carbocycles. The number of rotatable bonds is 6. The monoisotopic (exact) mass is 250 g/mol. The lowest BCUT2D eigenvalue weighted by atomic mass is 10.8. The molecule has 0 amide bonds. The van der Waals surface area contributed by atoms with Gasteiger partial charge in [0.05, 0.1) is 12.1 Å². The Morgan fingerprint density at radius 2 is 1.20 bits per heavy atom. The largest absolute Gasteiger partial charge is 0.481 e. The summed E-state index contributed by atoms with van der Waals surface area (Å²) in [5, 5.41) is 17.4. The van der Waals surface area contributed by atoms with Gasteiger partial charge in [-0.05, 0) is 26.2 Å². The molecule has 0 spiro atoms. The van der Waals surface area contributed by atoms with Gasteiger partial charge in [-0.3, -0.25) is 9.59 Å². The fourth-order valence-corrected chi connectivity index (χ4v) is 9.57. The quantitative estimate of drug-likeness (QED) is 0.699. The van der Waals surface area contributed by atoms with Gasteiger partial charge in [0.15, 0.2) is 16.6 Å². The first kappa shape index (κ1) is 14.3. The van der Waals surface area contributed by atoms with Crippen molar-refractivity contribution in [1.82, 2.24) is 0 Å². The zero-order valence-corrected chi connectivity index (χ0v) is 11.5. The van der Waals surface area contributed by atoms with E-state index in [0.29, 0.717) is 0 Å². The van der Waals surface area contributed by atoms with E-state index in [-0.39, 0.29) is 12.1 Å². The molecule has 0 aromatic rings. The highest BCUT2D eigenvalue weighted by Gasteiger charge is 2.36. The van der Waals surface area contributed by atoms with Crippen LogP contribution in [0.4, 0.5) is 0 Å². The van der Waals surface area contributed by atoms with Crippen LogP contribution in [0, 0.1) is 0 Å². The fourth-order valence-electron chi connectivity index (χ4n) is 1.55. The summed E-state index contributed by atoms with van der Waals surface area (Å²) >= 11 is 0. The molecular weight excluding hydrogens is 232 g/mol. The Labute approximate surface area is 91.3 Å². The third kappa shape index (κ3) is 7.28. The molecule has 0 aromatic carbocycles. The van der Waals surface area contributed by atoms with Crippen molar-refractivity contribution in [2.24, 2.45) is 0 Å². The van der Waals surface area contributed by atoms with Crippen molar-refractivity contribution in [3.8, 4) is 0 Å². The van der Waals surface area contributed by atoms with Crippen molar-refractivity contribution >= 4 is 28.6 Å². The molecule has 0 unspecified atom stereocenters. The van der Waals surface area contributed by atoms with E-state index in [1.165, 1.54) is 0 Å². The minimum absolute atomic E-state index is 0.0169. The molecule has 0 aliphatic carbocycles. The van der Waals surface area contributed by atoms with Gasteiger partial charge < -0.3 is 14.3 Å². The van der Waals surface area contributed by atoms with Crippen LogP contribution in [0.2, 0.25) is 38.3 Å². The summed E-state index contributed by atoms with van der Waals surface area (Å²) in [5.41, 5.74) is 0. The molecule has 0 aromatic heterocycles. The number of carbonyl (C=O) groups is 2. The lowest BCUT2D eigenvalue weighted by Gasteiger charge is -2.31. The van der Waals surface area contributed by atoms with Crippen molar-refractivity contribution in [2.75, 3.05) is 0 Å². The molecule has 0 fully saturated rings. The zero-order valence-electron chi connectivity index (χ0n) is 9.53. The van der Waals surface area contributed by atoms with E-state index in [1.54, 1.807) is 26.2 Å². The lowest BCUT2D eigenvalue weighted by Crippen LogP contribution is -2.46. The van der Waals surface area contributed by atoms with Gasteiger partial charge >= 0.3 is 11.9 Å². The first-order valence-corrected chi connectivity index (χ1v) is 10.9. The van der Waals surface area contributed by atoms with Crippen LogP contribution in [-0.4, -0.2) is 38.8 Å². The number of aliphatic carboxylic acids is 2. The van der Waals surface area contributed by atoms with Gasteiger partial charge in [-0.25, -0.2) is 0 Å². The van der Waals surface area contributed by atoms with Gasteiger partial charge in [0.1, 0.15) is 0 Å². The Kier molecular flexibility index (Phi) is 4.69. The zero-order chi connectivity index (χ0) is 12.3. The van der Waals surface area contributed by atoms with Crippen LogP contribution in [0.5, 0.6) is 0 Å². The molecule has 0 saturated heterocycles. The van der Waals surface area contributed by atoms with Crippen LogP contribution in [0.1, 0.15) is 0 Å². The van der Waals surface area contributed by atoms with Crippen LogP contribution < -0.4 is 0 Å². The Hall–Kier alpha value is -0.666. The Bertz CT molecular complexity index is 236. The highest BCUT2D eigenvalue weighted by atomic mass is 28.4. The fraction of sp³-hybridized carbons (Fsp3) is 0.750. The molecular formula is C8H18O5Si2. The molecule has 15 heavy (non-hydrogen) atoms. The second kappa shape index (κ2) is 4.91. The van der Waals surface area contributed by atoms with Gasteiger partial charge in [-0.15, -0.1) is 0 Å². The Balaban J connectivity index is 4.42. The van der Waals surface area contributed by atoms with Crippen LogP contribution in [0.3, 0.4) is 0 Å². The average Bonchev–Trinajstić information content (AvgIpc) is 1.73. The average molecular weight is 250 g/mol. The minimum Gasteiger partial charge on any atom is -0.481 e. The summed E-state index contributed by atoms with van der Waals surface area (Å²) in [6, 6.07) is 0.0338. The van der Waals surface area contributed by atoms with Gasteiger partial charge in [-0.1, -0.05) is 0 Å². The lowest BCUT2D eigenvalue weighted by molar-refractivity contribution is -0.135. The molecule has 5 nitrogen and oxygen atoms in total. The predicted molar refractivity (Wildman–Crippen MR) is 60.9 cm³/mol. The standard InChI is InChI=1S/C8H18O5Si2/c1-14(2,5-7(9)10)13-15(3,4)6-8(11)12/h5-6H2,1-4H3,(H,9,10)(H,11,12).